The summed E-state index contributed by atoms with van der Waals surface area (Å²) in [6.07, 6.45) is 8.47. The number of hydrogen-bond acceptors (Lipinski definition) is 2. The Balaban J connectivity index is 1.71. The fraction of sp³-hybridized carbons (Fsp3) is 0.261. The van der Waals surface area contributed by atoms with E-state index >= 15 is 0 Å². The Bertz CT molecular complexity index is 826. The lowest BCUT2D eigenvalue weighted by molar-refractivity contribution is 0.104. The van der Waals surface area contributed by atoms with Crippen molar-refractivity contribution in [3.63, 3.8) is 0 Å². The Hall–Kier alpha value is -2.61. The molecule has 0 unspecified atom stereocenters. The summed E-state index contributed by atoms with van der Waals surface area (Å²) in [5.74, 6) is 0.0666. The van der Waals surface area contributed by atoms with Crippen molar-refractivity contribution >= 4 is 11.4 Å². The Morgan fingerprint density at radius 1 is 0.880 bits per heavy atom. The minimum atomic E-state index is 0.0666. The van der Waals surface area contributed by atoms with Crippen LogP contribution >= 0.6 is 0 Å². The number of allylic oxidation sites excluding steroid dienone is 4. The normalized spacial score (nSPS) is 17.2. The second-order valence-corrected chi connectivity index (χ2v) is 6.78. The molecule has 1 saturated heterocycles. The number of carbonyl (C=O) groups excluding carboxylic acids is 1. The van der Waals surface area contributed by atoms with Crippen LogP contribution in [-0.2, 0) is 6.42 Å². The highest BCUT2D eigenvalue weighted by Gasteiger charge is 2.23. The number of nitrogens with zero attached hydrogens (tertiary/aromatic N) is 1. The van der Waals surface area contributed by atoms with Crippen LogP contribution in [0.15, 0.2) is 72.4 Å². The topological polar surface area (TPSA) is 20.3 Å². The van der Waals surface area contributed by atoms with E-state index in [-0.39, 0.29) is 5.78 Å². The van der Waals surface area contributed by atoms with Crippen LogP contribution in [0, 0.1) is 0 Å². The molecule has 126 valence electrons. The zero-order chi connectivity index (χ0) is 17.1. The number of fused-ring (bicyclic) bond motifs is 1. The van der Waals surface area contributed by atoms with Gasteiger partial charge in [-0.05, 0) is 49.0 Å². The number of hydrogen-bond donors (Lipinski definition) is 0. The summed E-state index contributed by atoms with van der Waals surface area (Å²) in [7, 11) is 0. The Morgan fingerprint density at radius 2 is 1.60 bits per heavy atom. The lowest BCUT2D eigenvalue weighted by atomic mass is 9.87. The number of aryl methyl sites for hydroxylation is 1. The van der Waals surface area contributed by atoms with E-state index in [0.29, 0.717) is 0 Å². The van der Waals surface area contributed by atoms with Crippen LogP contribution < -0.4 is 0 Å². The molecule has 2 aromatic rings. The van der Waals surface area contributed by atoms with Crippen LogP contribution in [0.25, 0.3) is 5.57 Å². The first-order valence-corrected chi connectivity index (χ1v) is 9.17. The van der Waals surface area contributed by atoms with Gasteiger partial charge in [0.15, 0.2) is 5.78 Å². The highest BCUT2D eigenvalue weighted by molar-refractivity contribution is 6.06. The number of ketones is 1. The fourth-order valence-corrected chi connectivity index (χ4v) is 3.90. The van der Waals surface area contributed by atoms with Crippen molar-refractivity contribution in [2.75, 3.05) is 13.1 Å². The highest BCUT2D eigenvalue weighted by atomic mass is 16.1. The third-order valence-corrected chi connectivity index (χ3v) is 5.20. The number of carbonyl (C=O) groups is 1. The summed E-state index contributed by atoms with van der Waals surface area (Å²) in [6.45, 7) is 2.28. The third kappa shape index (κ3) is 3.30. The first-order chi connectivity index (χ1) is 12.3. The van der Waals surface area contributed by atoms with Gasteiger partial charge in [-0.15, -0.1) is 0 Å². The maximum Gasteiger partial charge on any atom is 0.185 e. The molecule has 0 amide bonds. The molecule has 1 aliphatic heterocycles. The molecular formula is C23H23NO. The molecule has 0 radical (unpaired) electrons. The molecule has 0 spiro atoms. The maximum absolute atomic E-state index is 12.5. The third-order valence-electron chi connectivity index (χ3n) is 5.20. The SMILES string of the molecule is O=C(C=CC1=C(N2CCCC2)CCc2ccccc21)c1ccccc1. The van der Waals surface area contributed by atoms with Gasteiger partial charge in [0.05, 0.1) is 0 Å². The van der Waals surface area contributed by atoms with Gasteiger partial charge in [-0.2, -0.15) is 0 Å². The van der Waals surface area contributed by atoms with Crippen molar-refractivity contribution in [3.05, 3.63) is 89.1 Å². The van der Waals surface area contributed by atoms with Crippen LogP contribution in [0.2, 0.25) is 0 Å². The number of benzene rings is 2. The van der Waals surface area contributed by atoms with Crippen LogP contribution in [0.3, 0.4) is 0 Å². The van der Waals surface area contributed by atoms with Crippen molar-refractivity contribution in [1.82, 2.24) is 4.90 Å². The molecule has 1 heterocycles. The van der Waals surface area contributed by atoms with E-state index in [4.69, 9.17) is 0 Å². The second kappa shape index (κ2) is 7.10. The zero-order valence-corrected chi connectivity index (χ0v) is 14.4. The van der Waals surface area contributed by atoms with E-state index in [1.165, 1.54) is 35.2 Å². The monoisotopic (exact) mass is 329 g/mol. The zero-order valence-electron chi connectivity index (χ0n) is 14.4. The molecule has 25 heavy (non-hydrogen) atoms. The van der Waals surface area contributed by atoms with E-state index in [0.717, 1.165) is 31.5 Å². The molecule has 2 aromatic carbocycles. The average Bonchev–Trinajstić information content (AvgIpc) is 3.21. The van der Waals surface area contributed by atoms with Gasteiger partial charge in [-0.1, -0.05) is 54.6 Å². The van der Waals surface area contributed by atoms with Crippen LogP contribution in [0.4, 0.5) is 0 Å². The largest absolute Gasteiger partial charge is 0.374 e. The number of rotatable bonds is 4. The molecule has 0 aromatic heterocycles. The van der Waals surface area contributed by atoms with Gasteiger partial charge in [0.25, 0.3) is 0 Å². The minimum Gasteiger partial charge on any atom is -0.374 e. The molecule has 0 N–H and O–H groups in total. The van der Waals surface area contributed by atoms with Crippen molar-refractivity contribution in [2.24, 2.45) is 0 Å². The molecule has 0 bridgehead atoms. The van der Waals surface area contributed by atoms with Crippen molar-refractivity contribution < 1.29 is 4.79 Å². The molecule has 0 saturated carbocycles. The standard InChI is InChI=1S/C23H23NO/c25-23(19-9-2-1-3-10-19)15-13-21-20-11-5-4-8-18(20)12-14-22(21)24-16-6-7-17-24/h1-5,8-11,13,15H,6-7,12,14,16-17H2. The van der Waals surface area contributed by atoms with Crippen molar-refractivity contribution in [1.29, 1.82) is 0 Å². The summed E-state index contributed by atoms with van der Waals surface area (Å²) in [4.78, 5) is 15.0. The first kappa shape index (κ1) is 15.9. The van der Waals surface area contributed by atoms with Gasteiger partial charge in [0, 0.05) is 29.9 Å². The second-order valence-electron chi connectivity index (χ2n) is 6.78. The molecule has 2 nitrogen and oxygen atoms in total. The lowest BCUT2D eigenvalue weighted by Gasteiger charge is -2.29. The van der Waals surface area contributed by atoms with Crippen LogP contribution in [0.5, 0.6) is 0 Å². The van der Waals surface area contributed by atoms with Crippen molar-refractivity contribution in [3.8, 4) is 0 Å². The lowest BCUT2D eigenvalue weighted by Crippen LogP contribution is -2.22. The molecule has 0 atom stereocenters. The predicted molar refractivity (Wildman–Crippen MR) is 102 cm³/mol. The van der Waals surface area contributed by atoms with E-state index in [2.05, 4.69) is 29.2 Å². The highest BCUT2D eigenvalue weighted by Crippen LogP contribution is 2.35. The Labute approximate surface area is 149 Å². The quantitative estimate of drug-likeness (QED) is 0.588. The Morgan fingerprint density at radius 3 is 2.40 bits per heavy atom. The van der Waals surface area contributed by atoms with E-state index in [9.17, 15) is 4.79 Å². The van der Waals surface area contributed by atoms with Gasteiger partial charge >= 0.3 is 0 Å². The summed E-state index contributed by atoms with van der Waals surface area (Å²) in [5.41, 5.74) is 6.05. The van der Waals surface area contributed by atoms with Gasteiger partial charge < -0.3 is 4.90 Å². The molecular weight excluding hydrogens is 306 g/mol. The minimum absolute atomic E-state index is 0.0666. The Kier molecular flexibility index (Phi) is 4.51. The van der Waals surface area contributed by atoms with Gasteiger partial charge in [-0.25, -0.2) is 0 Å². The average molecular weight is 329 g/mol. The van der Waals surface area contributed by atoms with Crippen molar-refractivity contribution in [2.45, 2.75) is 25.7 Å². The summed E-state index contributed by atoms with van der Waals surface area (Å²) < 4.78 is 0. The predicted octanol–water partition coefficient (Wildman–Crippen LogP) is 4.88. The molecule has 1 aliphatic carbocycles. The molecule has 1 fully saturated rings. The van der Waals surface area contributed by atoms with E-state index in [1.807, 2.05) is 36.4 Å². The summed E-state index contributed by atoms with van der Waals surface area (Å²) >= 11 is 0. The van der Waals surface area contributed by atoms with Gasteiger partial charge in [-0.3, -0.25) is 4.79 Å². The van der Waals surface area contributed by atoms with Crippen LogP contribution in [0.1, 0.15) is 40.7 Å². The molecule has 2 aliphatic rings. The molecule has 4 rings (SSSR count). The van der Waals surface area contributed by atoms with Crippen LogP contribution in [-0.4, -0.2) is 23.8 Å². The van der Waals surface area contributed by atoms with E-state index in [1.54, 1.807) is 6.08 Å². The summed E-state index contributed by atoms with van der Waals surface area (Å²) in [6, 6.07) is 18.1. The van der Waals surface area contributed by atoms with Gasteiger partial charge in [0.2, 0.25) is 0 Å². The summed E-state index contributed by atoms with van der Waals surface area (Å²) in [5, 5.41) is 0. The fourth-order valence-electron chi connectivity index (χ4n) is 3.90. The smallest absolute Gasteiger partial charge is 0.185 e. The van der Waals surface area contributed by atoms with Gasteiger partial charge in [0.1, 0.15) is 0 Å². The van der Waals surface area contributed by atoms with E-state index < -0.39 is 0 Å². The first-order valence-electron chi connectivity index (χ1n) is 9.17. The number of likely N-dealkylation sites (tertiary alicyclic amines) is 1. The molecule has 2 heteroatoms. The maximum atomic E-state index is 12.5.